The minimum absolute atomic E-state index is 0.0319. The number of unbranched alkanes of at least 4 members (excludes halogenated alkanes) is 2. The zero-order chi connectivity index (χ0) is 38.9. The number of ether oxygens (including phenoxy) is 1. The molecule has 1 amide bonds. The number of benzene rings is 1. The fourth-order valence-electron chi connectivity index (χ4n) is 4.41. The maximum Gasteiger partial charge on any atom is 0.490 e. The molecule has 2 heterocycles. The molecular formula is C24H32N7O18P3. The average molecular weight is 799 g/mol. The van der Waals surface area contributed by atoms with Crippen LogP contribution in [0.1, 0.15) is 43.9 Å². The molecule has 1 aliphatic rings. The number of nitro benzene ring substituents is 2. The molecule has 28 heteroatoms. The molecule has 286 valence electrons. The van der Waals surface area contributed by atoms with Gasteiger partial charge < -0.3 is 45.8 Å². The summed E-state index contributed by atoms with van der Waals surface area (Å²) in [6.07, 6.45) is -1.49. The van der Waals surface area contributed by atoms with Gasteiger partial charge in [-0.25, -0.2) is 18.5 Å². The van der Waals surface area contributed by atoms with Crippen LogP contribution in [0.15, 0.2) is 29.2 Å². The van der Waals surface area contributed by atoms with Crippen LogP contribution >= 0.6 is 23.5 Å². The predicted octanol–water partition coefficient (Wildman–Crippen LogP) is 0.774. The second-order valence-electron chi connectivity index (χ2n) is 10.6. The van der Waals surface area contributed by atoms with Crippen molar-refractivity contribution in [2.24, 2.45) is 0 Å². The number of rotatable bonds is 18. The van der Waals surface area contributed by atoms with E-state index in [0.29, 0.717) is 25.8 Å². The molecule has 52 heavy (non-hydrogen) atoms. The number of hydrogen-bond donors (Lipinski definition) is 8. The highest BCUT2D eigenvalue weighted by atomic mass is 31.3. The third-order valence-corrected chi connectivity index (χ3v) is 10.5. The molecule has 9 N–H and O–H groups in total. The van der Waals surface area contributed by atoms with Crippen molar-refractivity contribution in [2.45, 2.75) is 50.5 Å². The number of phosphoric ester groups is 1. The van der Waals surface area contributed by atoms with Crippen molar-refractivity contribution in [3.05, 3.63) is 60.7 Å². The number of nitro groups is 2. The number of aliphatic hydroxyl groups is 1. The highest BCUT2D eigenvalue weighted by molar-refractivity contribution is 7.66. The summed E-state index contributed by atoms with van der Waals surface area (Å²) in [5.74, 6) is 4.67. The molecule has 1 saturated heterocycles. The van der Waals surface area contributed by atoms with Gasteiger partial charge in [0.15, 0.2) is 0 Å². The number of hydrogen-bond acceptors (Lipinski definition) is 17. The quantitative estimate of drug-likeness (QED) is 0.0339. The number of nitrogen functional groups attached to an aromatic ring is 1. The molecule has 2 aromatic rings. The Morgan fingerprint density at radius 1 is 1.10 bits per heavy atom. The van der Waals surface area contributed by atoms with E-state index in [0.717, 1.165) is 22.9 Å². The lowest BCUT2D eigenvalue weighted by Crippen LogP contribution is -2.29. The maximum atomic E-state index is 12.5. The Morgan fingerprint density at radius 3 is 2.46 bits per heavy atom. The van der Waals surface area contributed by atoms with Gasteiger partial charge in [-0.3, -0.25) is 34.1 Å². The normalized spacial score (nSPS) is 19.4. The molecule has 0 saturated carbocycles. The van der Waals surface area contributed by atoms with E-state index >= 15 is 0 Å². The largest absolute Gasteiger partial charge is 0.490 e. The van der Waals surface area contributed by atoms with Crippen molar-refractivity contribution in [3.8, 4) is 11.8 Å². The third-order valence-electron chi connectivity index (χ3n) is 6.70. The van der Waals surface area contributed by atoms with Crippen LogP contribution in [0.3, 0.4) is 0 Å². The number of nitrogens with two attached hydrogens (primary N) is 1. The number of carbonyl (C=O) groups excluding carboxylic acids is 1. The number of carbonyl (C=O) groups is 1. The smallest absolute Gasteiger partial charge is 0.390 e. The van der Waals surface area contributed by atoms with E-state index in [-0.39, 0.29) is 42.4 Å². The molecule has 1 aromatic heterocycles. The van der Waals surface area contributed by atoms with Crippen LogP contribution in [0.5, 0.6) is 0 Å². The van der Waals surface area contributed by atoms with Crippen LogP contribution in [-0.2, 0) is 36.4 Å². The molecule has 3 rings (SSSR count). The second-order valence-corrected chi connectivity index (χ2v) is 15.0. The Balaban J connectivity index is 1.46. The van der Waals surface area contributed by atoms with Gasteiger partial charge >= 0.3 is 29.2 Å². The molecule has 0 aliphatic carbocycles. The number of amides is 1. The van der Waals surface area contributed by atoms with Gasteiger partial charge in [0.1, 0.15) is 23.8 Å². The Morgan fingerprint density at radius 2 is 1.81 bits per heavy atom. The van der Waals surface area contributed by atoms with Gasteiger partial charge in [0.2, 0.25) is 5.91 Å². The minimum atomic E-state index is -5.77. The summed E-state index contributed by atoms with van der Waals surface area (Å²) in [7, 11) is -16.9. The highest BCUT2D eigenvalue weighted by Gasteiger charge is 2.43. The Kier molecular flexibility index (Phi) is 14.7. The van der Waals surface area contributed by atoms with Gasteiger partial charge in [0.25, 0.3) is 11.4 Å². The summed E-state index contributed by atoms with van der Waals surface area (Å²) >= 11 is 0. The van der Waals surface area contributed by atoms with Gasteiger partial charge in [-0.1, -0.05) is 18.3 Å². The van der Waals surface area contributed by atoms with Crippen molar-refractivity contribution >= 4 is 52.3 Å². The van der Waals surface area contributed by atoms with E-state index in [4.69, 9.17) is 20.3 Å². The van der Waals surface area contributed by atoms with Gasteiger partial charge in [0, 0.05) is 31.6 Å². The molecule has 0 bridgehead atoms. The second kappa shape index (κ2) is 18.1. The SMILES string of the molecule is Nc1nc(=O)n([C@H]2C[C@H](O)[C@@H](COP(=O)(O)OP(=O)(O)OP(=O)(O)O)O2)cc1C#CCNC(=O)CCCCCNc1ccc([N+](=O)[O-])cc1[N+](=O)[O-]. The van der Waals surface area contributed by atoms with Crippen molar-refractivity contribution in [3.63, 3.8) is 0 Å². The maximum absolute atomic E-state index is 12.5. The van der Waals surface area contributed by atoms with E-state index in [1.54, 1.807) is 0 Å². The molecule has 1 aromatic carbocycles. The van der Waals surface area contributed by atoms with E-state index in [2.05, 4.69) is 40.6 Å². The molecule has 1 aliphatic heterocycles. The predicted molar refractivity (Wildman–Crippen MR) is 174 cm³/mol. The first-order valence-corrected chi connectivity index (χ1v) is 19.1. The van der Waals surface area contributed by atoms with Crippen molar-refractivity contribution in [1.29, 1.82) is 0 Å². The number of anilines is 2. The number of nitrogens with one attached hydrogen (secondary N) is 2. The average Bonchev–Trinajstić information content (AvgIpc) is 3.38. The van der Waals surface area contributed by atoms with Crippen molar-refractivity contribution in [2.75, 3.05) is 30.7 Å². The van der Waals surface area contributed by atoms with Gasteiger partial charge in [-0.2, -0.15) is 13.6 Å². The number of phosphoric acid groups is 3. The lowest BCUT2D eigenvalue weighted by Gasteiger charge is -2.19. The summed E-state index contributed by atoms with van der Waals surface area (Å²) in [4.78, 5) is 85.0. The van der Waals surface area contributed by atoms with Crippen molar-refractivity contribution in [1.82, 2.24) is 14.9 Å². The number of aliphatic hydroxyl groups excluding tert-OH is 1. The minimum Gasteiger partial charge on any atom is -0.390 e. The van der Waals surface area contributed by atoms with E-state index in [9.17, 15) is 58.4 Å². The summed E-state index contributed by atoms with van der Waals surface area (Å²) < 4.78 is 52.3. The Bertz CT molecular complexity index is 1930. The first-order chi connectivity index (χ1) is 24.2. The highest BCUT2D eigenvalue weighted by Crippen LogP contribution is 2.66. The number of nitrogens with zero attached hydrogens (tertiary/aromatic N) is 4. The molecule has 2 unspecified atom stereocenters. The fraction of sp³-hybridized carbons (Fsp3) is 0.458. The van der Waals surface area contributed by atoms with Crippen LogP contribution in [0.4, 0.5) is 22.9 Å². The Hall–Kier alpha value is -4.14. The number of aromatic nitrogens is 2. The van der Waals surface area contributed by atoms with Crippen LogP contribution in [0.25, 0.3) is 0 Å². The lowest BCUT2D eigenvalue weighted by atomic mass is 10.1. The monoisotopic (exact) mass is 799 g/mol. The fourth-order valence-corrected chi connectivity index (χ4v) is 7.44. The summed E-state index contributed by atoms with van der Waals surface area (Å²) in [5, 5.41) is 37.8. The molecule has 25 nitrogen and oxygen atoms in total. The molecule has 0 radical (unpaired) electrons. The van der Waals surface area contributed by atoms with Gasteiger partial charge in [0.05, 0.1) is 40.7 Å². The van der Waals surface area contributed by atoms with Crippen LogP contribution < -0.4 is 22.1 Å². The summed E-state index contributed by atoms with van der Waals surface area (Å²) in [6, 6.07) is 3.26. The third kappa shape index (κ3) is 13.4. The van der Waals surface area contributed by atoms with Gasteiger partial charge in [-0.15, -0.1) is 0 Å². The Labute approximate surface area is 291 Å². The zero-order valence-corrected chi connectivity index (χ0v) is 29.1. The van der Waals surface area contributed by atoms with Crippen LogP contribution in [0, 0.1) is 32.1 Å². The van der Waals surface area contributed by atoms with Crippen LogP contribution in [-0.4, -0.2) is 81.9 Å². The van der Waals surface area contributed by atoms with E-state index in [1.165, 1.54) is 6.07 Å². The standard InChI is InChI=1S/C24H32N7O18P3/c25-23-15(5-4-10-27-21(33)6-2-1-3-9-26-17-8-7-16(30(35)36)11-18(17)31(37)38)13-29(24(34)28-23)22-12-19(32)20(47-22)14-46-51(42,43)49-52(44,45)48-50(39,40)41/h7-8,11,13,19-20,22,26,32H,1-3,6,9-10,12,14H2,(H,27,33)(H,42,43)(H,44,45)(H2,25,28,34)(H2,39,40,41)/t19-,20+,22+/m0/s1. The van der Waals surface area contributed by atoms with E-state index < -0.39 is 75.4 Å². The number of non-ortho nitro benzene ring substituents is 1. The molecule has 1 fully saturated rings. The molecular weight excluding hydrogens is 767 g/mol. The van der Waals surface area contributed by atoms with Crippen molar-refractivity contribution < 1.29 is 70.9 Å². The van der Waals surface area contributed by atoms with Crippen LogP contribution in [0.2, 0.25) is 0 Å². The van der Waals surface area contributed by atoms with E-state index in [1.807, 2.05) is 0 Å². The zero-order valence-electron chi connectivity index (χ0n) is 26.4. The first-order valence-electron chi connectivity index (χ1n) is 14.6. The molecule has 0 spiro atoms. The van der Waals surface area contributed by atoms with Gasteiger partial charge in [-0.05, 0) is 18.9 Å². The topological polar surface area (TPSA) is 378 Å². The summed E-state index contributed by atoms with van der Waals surface area (Å²) in [5.41, 5.74) is 4.18. The lowest BCUT2D eigenvalue weighted by molar-refractivity contribution is -0.393. The molecule has 5 atom stereocenters. The first kappa shape index (κ1) is 42.3. The summed E-state index contributed by atoms with van der Waals surface area (Å²) in [6.45, 7) is -0.768.